The molecule has 1 aliphatic heterocycles. The number of pyridine rings is 1. The molecule has 3 rings (SSSR count). The molecule has 94 valence electrons. The van der Waals surface area contributed by atoms with Crippen molar-refractivity contribution in [1.29, 1.82) is 0 Å². The largest absolute Gasteiger partial charge is 0.478 e. The van der Waals surface area contributed by atoms with E-state index in [1.807, 2.05) is 18.2 Å². The molecule has 0 aromatic carbocycles. The minimum atomic E-state index is -0.942. The molecule has 4 nitrogen and oxygen atoms in total. The zero-order chi connectivity index (χ0) is 12.5. The van der Waals surface area contributed by atoms with Crippen LogP contribution in [0.4, 0.5) is 5.82 Å². The Hall–Kier alpha value is -1.84. The molecule has 0 unspecified atom stereocenters. The molecule has 2 bridgehead atoms. The van der Waals surface area contributed by atoms with Gasteiger partial charge in [0.2, 0.25) is 0 Å². The van der Waals surface area contributed by atoms with E-state index in [9.17, 15) is 4.79 Å². The first kappa shape index (κ1) is 11.3. The van der Waals surface area contributed by atoms with Crippen LogP contribution in [0.25, 0.3) is 6.08 Å². The van der Waals surface area contributed by atoms with Gasteiger partial charge in [-0.25, -0.2) is 9.78 Å². The van der Waals surface area contributed by atoms with Gasteiger partial charge in [0, 0.05) is 18.7 Å². The Labute approximate surface area is 106 Å². The number of carboxylic acid groups (broad SMARTS) is 1. The number of rotatable bonds is 3. The van der Waals surface area contributed by atoms with Crippen LogP contribution in [0, 0.1) is 5.92 Å². The number of piperidine rings is 1. The highest BCUT2D eigenvalue weighted by molar-refractivity contribution is 5.84. The van der Waals surface area contributed by atoms with Gasteiger partial charge >= 0.3 is 5.97 Å². The fourth-order valence-electron chi connectivity index (χ4n) is 3.05. The van der Waals surface area contributed by atoms with Crippen molar-refractivity contribution < 1.29 is 9.90 Å². The van der Waals surface area contributed by atoms with Crippen molar-refractivity contribution in [2.24, 2.45) is 5.92 Å². The number of hydrogen-bond acceptors (Lipinski definition) is 3. The number of nitrogens with zero attached hydrogens (tertiary/aromatic N) is 2. The van der Waals surface area contributed by atoms with Crippen LogP contribution in [0.2, 0.25) is 0 Å². The summed E-state index contributed by atoms with van der Waals surface area (Å²) in [4.78, 5) is 17.4. The van der Waals surface area contributed by atoms with Crippen molar-refractivity contribution >= 4 is 17.9 Å². The first-order valence-corrected chi connectivity index (χ1v) is 6.37. The molecule has 0 spiro atoms. The third-order valence-corrected chi connectivity index (χ3v) is 3.86. The monoisotopic (exact) mass is 244 g/mol. The van der Waals surface area contributed by atoms with Crippen LogP contribution in [0.1, 0.15) is 25.0 Å². The topological polar surface area (TPSA) is 53.4 Å². The molecule has 1 saturated carbocycles. The quantitative estimate of drug-likeness (QED) is 0.828. The molecule has 2 heterocycles. The van der Waals surface area contributed by atoms with Crippen LogP contribution in [0.3, 0.4) is 0 Å². The summed E-state index contributed by atoms with van der Waals surface area (Å²) in [6.07, 6.45) is 6.57. The molecule has 1 aliphatic carbocycles. The van der Waals surface area contributed by atoms with E-state index in [1.54, 1.807) is 6.08 Å². The van der Waals surface area contributed by atoms with E-state index in [1.165, 1.54) is 19.3 Å². The lowest BCUT2D eigenvalue weighted by molar-refractivity contribution is -0.131. The molecule has 0 radical (unpaired) electrons. The summed E-state index contributed by atoms with van der Waals surface area (Å²) in [5.74, 6) is 0.868. The first-order chi connectivity index (χ1) is 8.72. The minimum Gasteiger partial charge on any atom is -0.478 e. The normalized spacial score (nSPS) is 26.1. The molecule has 2 atom stereocenters. The highest BCUT2D eigenvalue weighted by Crippen LogP contribution is 2.39. The molecule has 4 heteroatoms. The summed E-state index contributed by atoms with van der Waals surface area (Å²) in [6, 6.07) is 6.42. The van der Waals surface area contributed by atoms with E-state index in [4.69, 9.17) is 5.11 Å². The molecule has 1 aromatic heterocycles. The molecule has 2 fully saturated rings. The lowest BCUT2D eigenvalue weighted by Gasteiger charge is -2.28. The number of carboxylic acids is 1. The molecule has 1 N–H and O–H groups in total. The molecule has 1 saturated heterocycles. The van der Waals surface area contributed by atoms with Crippen LogP contribution >= 0.6 is 0 Å². The Morgan fingerprint density at radius 3 is 3.00 bits per heavy atom. The maximum absolute atomic E-state index is 10.5. The average Bonchev–Trinajstić information content (AvgIpc) is 2.99. The highest BCUT2D eigenvalue weighted by atomic mass is 16.4. The standard InChI is InChI=1S/C14H16N2O2/c17-14(18)7-5-11-2-1-3-13(15-11)16-9-10-4-6-12(16)8-10/h1-3,5,7,10,12H,4,6,8-9H2,(H,17,18)/b7-5+/t10-,12+/m1/s1. The van der Waals surface area contributed by atoms with Gasteiger partial charge in [0.15, 0.2) is 0 Å². The predicted octanol–water partition coefficient (Wildman–Crippen LogP) is 2.17. The van der Waals surface area contributed by atoms with E-state index < -0.39 is 5.97 Å². The van der Waals surface area contributed by atoms with Gasteiger partial charge in [0.1, 0.15) is 5.82 Å². The fraction of sp³-hybridized carbons (Fsp3) is 0.429. The van der Waals surface area contributed by atoms with E-state index in [-0.39, 0.29) is 0 Å². The number of anilines is 1. The molecule has 1 aromatic rings. The van der Waals surface area contributed by atoms with Crippen molar-refractivity contribution in [3.05, 3.63) is 30.0 Å². The van der Waals surface area contributed by atoms with E-state index in [0.29, 0.717) is 11.7 Å². The third kappa shape index (κ3) is 2.10. The zero-order valence-corrected chi connectivity index (χ0v) is 10.1. The molecular weight excluding hydrogens is 228 g/mol. The summed E-state index contributed by atoms with van der Waals surface area (Å²) in [5, 5.41) is 8.62. The van der Waals surface area contributed by atoms with Gasteiger partial charge in [-0.3, -0.25) is 0 Å². The maximum atomic E-state index is 10.5. The lowest BCUT2D eigenvalue weighted by atomic mass is 10.1. The van der Waals surface area contributed by atoms with Crippen LogP contribution in [0.5, 0.6) is 0 Å². The zero-order valence-electron chi connectivity index (χ0n) is 10.1. The van der Waals surface area contributed by atoms with Crippen molar-refractivity contribution in [2.75, 3.05) is 11.4 Å². The number of aliphatic carboxylic acids is 1. The molecule has 0 amide bonds. The van der Waals surface area contributed by atoms with Gasteiger partial charge in [0.25, 0.3) is 0 Å². The number of carbonyl (C=O) groups is 1. The van der Waals surface area contributed by atoms with Crippen molar-refractivity contribution in [3.8, 4) is 0 Å². The van der Waals surface area contributed by atoms with Crippen molar-refractivity contribution in [2.45, 2.75) is 25.3 Å². The van der Waals surface area contributed by atoms with Gasteiger partial charge in [-0.05, 0) is 43.4 Å². The van der Waals surface area contributed by atoms with Crippen LogP contribution in [-0.4, -0.2) is 28.6 Å². The third-order valence-electron chi connectivity index (χ3n) is 3.86. The summed E-state index contributed by atoms with van der Waals surface area (Å²) in [6.45, 7) is 1.10. The van der Waals surface area contributed by atoms with Gasteiger partial charge < -0.3 is 10.0 Å². The molecule has 2 aliphatic rings. The van der Waals surface area contributed by atoms with E-state index >= 15 is 0 Å². The van der Waals surface area contributed by atoms with Gasteiger partial charge in [-0.1, -0.05) is 6.07 Å². The second-order valence-electron chi connectivity index (χ2n) is 5.08. The maximum Gasteiger partial charge on any atom is 0.328 e. The molecule has 18 heavy (non-hydrogen) atoms. The second kappa shape index (κ2) is 4.44. The predicted molar refractivity (Wildman–Crippen MR) is 69.4 cm³/mol. The summed E-state index contributed by atoms with van der Waals surface area (Å²) in [5.41, 5.74) is 0.706. The minimum absolute atomic E-state index is 0.640. The Morgan fingerprint density at radius 1 is 1.44 bits per heavy atom. The van der Waals surface area contributed by atoms with Crippen molar-refractivity contribution in [3.63, 3.8) is 0 Å². The van der Waals surface area contributed by atoms with Crippen LogP contribution in [0.15, 0.2) is 24.3 Å². The van der Waals surface area contributed by atoms with Crippen LogP contribution < -0.4 is 4.90 Å². The summed E-state index contributed by atoms with van der Waals surface area (Å²) < 4.78 is 0. The van der Waals surface area contributed by atoms with Gasteiger partial charge in [-0.15, -0.1) is 0 Å². The van der Waals surface area contributed by atoms with Crippen molar-refractivity contribution in [1.82, 2.24) is 4.98 Å². The smallest absolute Gasteiger partial charge is 0.328 e. The number of hydrogen-bond donors (Lipinski definition) is 1. The Kier molecular flexibility index (Phi) is 2.78. The number of aromatic nitrogens is 1. The SMILES string of the molecule is O=C(O)/C=C/c1cccc(N2C[C@@H]3CC[C@H]2C3)n1. The fourth-order valence-corrected chi connectivity index (χ4v) is 3.05. The van der Waals surface area contributed by atoms with E-state index in [2.05, 4.69) is 9.88 Å². The summed E-state index contributed by atoms with van der Waals surface area (Å²) >= 11 is 0. The number of fused-ring (bicyclic) bond motifs is 2. The van der Waals surface area contributed by atoms with Crippen LogP contribution in [-0.2, 0) is 4.79 Å². The Morgan fingerprint density at radius 2 is 2.33 bits per heavy atom. The Balaban J connectivity index is 1.81. The summed E-state index contributed by atoms with van der Waals surface area (Å²) in [7, 11) is 0. The lowest BCUT2D eigenvalue weighted by Crippen LogP contribution is -2.32. The highest BCUT2D eigenvalue weighted by Gasteiger charge is 2.38. The first-order valence-electron chi connectivity index (χ1n) is 6.37. The van der Waals surface area contributed by atoms with Gasteiger partial charge in [0.05, 0.1) is 5.69 Å². The van der Waals surface area contributed by atoms with Gasteiger partial charge in [-0.2, -0.15) is 0 Å². The average molecular weight is 244 g/mol. The van der Waals surface area contributed by atoms with E-state index in [0.717, 1.165) is 24.4 Å². The molecular formula is C14H16N2O2. The second-order valence-corrected chi connectivity index (χ2v) is 5.08. The Bertz CT molecular complexity index is 498.